The molecular weight excluding hydrogens is 424 g/mol. The molecule has 2 aliphatic heterocycles. The van der Waals surface area contributed by atoms with Crippen LogP contribution in [0.2, 0.25) is 0 Å². The van der Waals surface area contributed by atoms with E-state index >= 15 is 0 Å². The van der Waals surface area contributed by atoms with Gasteiger partial charge in [0.25, 0.3) is 0 Å². The van der Waals surface area contributed by atoms with Crippen LogP contribution in [-0.2, 0) is 12.0 Å². The Bertz CT molecular complexity index is 1030. The number of pyridine rings is 1. The topological polar surface area (TPSA) is 68.7 Å². The number of hydrogen-bond acceptors (Lipinski definition) is 4. The second-order valence-corrected chi connectivity index (χ2v) is 11.5. The molecule has 2 fully saturated rings. The maximum Gasteiger partial charge on any atom is 0.317 e. The van der Waals surface area contributed by atoms with E-state index in [1.54, 1.807) is 0 Å². The smallest absolute Gasteiger partial charge is 0.317 e. The van der Waals surface area contributed by atoms with Gasteiger partial charge in [-0.1, -0.05) is 45.0 Å². The lowest BCUT2D eigenvalue weighted by atomic mass is 9.62. The standard InChI is InChI=1S/C28H40N4O2/c1-20(2)22-7-9-23(10-8-22)28(34,27(5)18-31(6)19-27)24-15-21(16-29-17-24)11-12-26(3,4)32-14-13-30-25(32)33/h7-10,15-17,20,34H,11-14,18-19H2,1-6H3,(H,30,33)/t28-/m0/s1. The number of aromatic nitrogens is 1. The third-order valence-electron chi connectivity index (χ3n) is 7.93. The average Bonchev–Trinajstić information content (AvgIpc) is 3.23. The molecule has 2 saturated heterocycles. The van der Waals surface area contributed by atoms with Crippen molar-refractivity contribution in [1.82, 2.24) is 20.1 Å². The van der Waals surface area contributed by atoms with Gasteiger partial charge in [0.05, 0.1) is 0 Å². The van der Waals surface area contributed by atoms with Gasteiger partial charge in [-0.3, -0.25) is 4.98 Å². The fraction of sp³-hybridized carbons (Fsp3) is 0.571. The Morgan fingerprint density at radius 1 is 1.15 bits per heavy atom. The number of nitrogens with zero attached hydrogens (tertiary/aromatic N) is 3. The van der Waals surface area contributed by atoms with Crippen molar-refractivity contribution in [3.05, 3.63) is 65.0 Å². The fourth-order valence-electron chi connectivity index (χ4n) is 5.80. The van der Waals surface area contributed by atoms with Crippen LogP contribution in [0.15, 0.2) is 42.7 Å². The molecule has 2 N–H and O–H groups in total. The van der Waals surface area contributed by atoms with Gasteiger partial charge in [-0.15, -0.1) is 0 Å². The highest BCUT2D eigenvalue weighted by Crippen LogP contribution is 2.50. The normalized spacial score (nSPS) is 20.2. The third kappa shape index (κ3) is 4.34. The average molecular weight is 465 g/mol. The van der Waals surface area contributed by atoms with Crippen molar-refractivity contribution in [2.75, 3.05) is 33.2 Å². The molecule has 0 aliphatic carbocycles. The lowest BCUT2D eigenvalue weighted by molar-refractivity contribution is -0.127. The summed E-state index contributed by atoms with van der Waals surface area (Å²) in [5.41, 5.74) is 2.41. The summed E-state index contributed by atoms with van der Waals surface area (Å²) in [4.78, 5) is 20.9. The first-order valence-electron chi connectivity index (χ1n) is 12.5. The van der Waals surface area contributed by atoms with Crippen LogP contribution in [0.5, 0.6) is 0 Å². The van der Waals surface area contributed by atoms with Crippen LogP contribution in [0.3, 0.4) is 0 Å². The van der Waals surface area contributed by atoms with Crippen molar-refractivity contribution in [2.45, 2.75) is 64.5 Å². The Morgan fingerprint density at radius 2 is 1.82 bits per heavy atom. The van der Waals surface area contributed by atoms with Crippen LogP contribution in [-0.4, -0.2) is 64.7 Å². The summed E-state index contributed by atoms with van der Waals surface area (Å²) in [6.45, 7) is 13.9. The van der Waals surface area contributed by atoms with Gasteiger partial charge in [0, 0.05) is 55.1 Å². The maximum absolute atomic E-state index is 12.4. The molecule has 0 unspecified atom stereocenters. The number of benzene rings is 1. The Balaban J connectivity index is 1.64. The molecule has 1 aromatic carbocycles. The molecule has 0 radical (unpaired) electrons. The van der Waals surface area contributed by atoms with Gasteiger partial charge in [0.2, 0.25) is 0 Å². The molecule has 6 nitrogen and oxygen atoms in total. The quantitative estimate of drug-likeness (QED) is 0.616. The number of rotatable bonds is 8. The lowest BCUT2D eigenvalue weighted by Crippen LogP contribution is -2.63. The van der Waals surface area contributed by atoms with Crippen molar-refractivity contribution >= 4 is 6.03 Å². The van der Waals surface area contributed by atoms with E-state index in [0.717, 1.165) is 49.2 Å². The Hall–Kier alpha value is -2.44. The molecule has 184 valence electrons. The van der Waals surface area contributed by atoms with Crippen LogP contribution in [0.25, 0.3) is 0 Å². The molecule has 1 aromatic heterocycles. The maximum atomic E-state index is 12.4. The minimum absolute atomic E-state index is 0.0122. The largest absolute Gasteiger partial charge is 0.380 e. The van der Waals surface area contributed by atoms with E-state index in [1.807, 2.05) is 17.3 Å². The number of aryl methyl sites for hydroxylation is 1. The molecular formula is C28H40N4O2. The van der Waals surface area contributed by atoms with E-state index < -0.39 is 5.60 Å². The predicted octanol–water partition coefficient (Wildman–Crippen LogP) is 4.13. The SMILES string of the molecule is CC(C)c1ccc([C@](O)(c2cncc(CCC(C)(C)N3CCNC3=O)c2)C2(C)CN(C)C2)cc1. The highest BCUT2D eigenvalue weighted by Gasteiger charge is 2.55. The first kappa shape index (κ1) is 24.7. The molecule has 4 rings (SSSR count). The van der Waals surface area contributed by atoms with Gasteiger partial charge < -0.3 is 20.2 Å². The van der Waals surface area contributed by atoms with Gasteiger partial charge in [-0.25, -0.2) is 4.79 Å². The Kier molecular flexibility index (Phi) is 6.51. The van der Waals surface area contributed by atoms with Crippen molar-refractivity contribution < 1.29 is 9.90 Å². The van der Waals surface area contributed by atoms with Crippen LogP contribution in [0.4, 0.5) is 4.79 Å². The number of hydrogen-bond donors (Lipinski definition) is 2. The second-order valence-electron chi connectivity index (χ2n) is 11.5. The number of aliphatic hydroxyl groups is 1. The zero-order valence-electron chi connectivity index (χ0n) is 21.6. The van der Waals surface area contributed by atoms with Gasteiger partial charge >= 0.3 is 6.03 Å². The van der Waals surface area contributed by atoms with E-state index in [2.05, 4.69) is 87.2 Å². The molecule has 0 bridgehead atoms. The van der Waals surface area contributed by atoms with Crippen molar-refractivity contribution in [3.8, 4) is 0 Å². The number of amides is 2. The van der Waals surface area contributed by atoms with E-state index in [1.165, 1.54) is 5.56 Å². The molecule has 0 spiro atoms. The third-order valence-corrected chi connectivity index (χ3v) is 7.93. The molecule has 2 aromatic rings. The highest BCUT2D eigenvalue weighted by molar-refractivity contribution is 5.77. The number of carbonyl (C=O) groups excluding carboxylic acids is 1. The number of nitrogens with one attached hydrogen (secondary N) is 1. The molecule has 6 heteroatoms. The summed E-state index contributed by atoms with van der Waals surface area (Å²) in [6, 6.07) is 10.6. The minimum atomic E-state index is -1.14. The monoisotopic (exact) mass is 464 g/mol. The van der Waals surface area contributed by atoms with Crippen LogP contribution in [0, 0.1) is 5.41 Å². The first-order chi connectivity index (χ1) is 16.0. The summed E-state index contributed by atoms with van der Waals surface area (Å²) in [5.74, 6) is 0.443. The van der Waals surface area contributed by atoms with E-state index in [-0.39, 0.29) is 17.0 Å². The second kappa shape index (κ2) is 8.97. The highest BCUT2D eigenvalue weighted by atomic mass is 16.3. The zero-order valence-corrected chi connectivity index (χ0v) is 21.6. The molecule has 3 heterocycles. The number of urea groups is 1. The van der Waals surface area contributed by atoms with Crippen LogP contribution in [0.1, 0.15) is 69.2 Å². The first-order valence-corrected chi connectivity index (χ1v) is 12.5. The summed E-state index contributed by atoms with van der Waals surface area (Å²) in [6.07, 6.45) is 5.33. The van der Waals surface area contributed by atoms with Crippen LogP contribution < -0.4 is 5.32 Å². The minimum Gasteiger partial charge on any atom is -0.380 e. The summed E-state index contributed by atoms with van der Waals surface area (Å²) >= 11 is 0. The molecule has 34 heavy (non-hydrogen) atoms. The van der Waals surface area contributed by atoms with Crippen molar-refractivity contribution in [1.29, 1.82) is 0 Å². The predicted molar refractivity (Wildman–Crippen MR) is 136 cm³/mol. The van der Waals surface area contributed by atoms with Gasteiger partial charge in [0.15, 0.2) is 0 Å². The lowest BCUT2D eigenvalue weighted by Gasteiger charge is -2.56. The molecule has 2 amide bonds. The summed E-state index contributed by atoms with van der Waals surface area (Å²) in [5, 5.41) is 15.3. The van der Waals surface area contributed by atoms with E-state index in [4.69, 9.17) is 0 Å². The number of carbonyl (C=O) groups is 1. The Morgan fingerprint density at radius 3 is 2.38 bits per heavy atom. The van der Waals surface area contributed by atoms with Gasteiger partial charge in [0.1, 0.15) is 5.60 Å². The van der Waals surface area contributed by atoms with Crippen molar-refractivity contribution in [2.24, 2.45) is 5.41 Å². The van der Waals surface area contributed by atoms with E-state index in [9.17, 15) is 9.90 Å². The summed E-state index contributed by atoms with van der Waals surface area (Å²) in [7, 11) is 2.09. The molecule has 0 saturated carbocycles. The van der Waals surface area contributed by atoms with Crippen LogP contribution >= 0.6 is 0 Å². The molecule has 2 aliphatic rings. The summed E-state index contributed by atoms with van der Waals surface area (Å²) < 4.78 is 0. The Labute approximate surface area is 204 Å². The van der Waals surface area contributed by atoms with E-state index in [0.29, 0.717) is 12.5 Å². The molecule has 1 atom stereocenters. The fourth-order valence-corrected chi connectivity index (χ4v) is 5.80. The van der Waals surface area contributed by atoms with Crippen molar-refractivity contribution in [3.63, 3.8) is 0 Å². The van der Waals surface area contributed by atoms with Gasteiger partial charge in [-0.05, 0) is 62.4 Å². The number of likely N-dealkylation sites (tertiary alicyclic amines) is 1. The zero-order chi connectivity index (χ0) is 24.7. The van der Waals surface area contributed by atoms with Gasteiger partial charge in [-0.2, -0.15) is 0 Å².